The largest absolute Gasteiger partial charge is 0.496 e. The molecule has 3 aromatic rings. The highest BCUT2D eigenvalue weighted by molar-refractivity contribution is 6.03. The first-order valence-corrected chi connectivity index (χ1v) is 8.36. The van der Waals surface area contributed by atoms with Gasteiger partial charge in [0.1, 0.15) is 11.3 Å². The standard InChI is InChI=1S/C20H22N2O2.ClH/c1-21-11-13-22(14-12-21)19-18-16(23-2)9-6-10-17(18)24-20(19)15-7-4-3-5-8-15;/h3-10H,11-14H2,1-2H3;1H. The Morgan fingerprint density at radius 1 is 0.920 bits per heavy atom. The molecule has 4 nitrogen and oxygen atoms in total. The van der Waals surface area contributed by atoms with Gasteiger partial charge in [0, 0.05) is 31.7 Å². The molecule has 0 amide bonds. The van der Waals surface area contributed by atoms with Crippen LogP contribution in [0.25, 0.3) is 22.3 Å². The van der Waals surface area contributed by atoms with Crippen LogP contribution in [0.5, 0.6) is 5.75 Å². The zero-order chi connectivity index (χ0) is 16.5. The smallest absolute Gasteiger partial charge is 0.158 e. The number of piperazine rings is 1. The molecule has 0 aliphatic carbocycles. The highest BCUT2D eigenvalue weighted by Crippen LogP contribution is 2.44. The van der Waals surface area contributed by atoms with Gasteiger partial charge < -0.3 is 19.0 Å². The average Bonchev–Trinajstić information content (AvgIpc) is 3.03. The van der Waals surface area contributed by atoms with Crippen molar-refractivity contribution < 1.29 is 9.15 Å². The van der Waals surface area contributed by atoms with Crippen molar-refractivity contribution in [2.45, 2.75) is 0 Å². The highest BCUT2D eigenvalue weighted by atomic mass is 35.5. The number of benzene rings is 2. The molecule has 1 aromatic heterocycles. The van der Waals surface area contributed by atoms with Crippen LogP contribution in [0.3, 0.4) is 0 Å². The fourth-order valence-corrected chi connectivity index (χ4v) is 3.39. The molecule has 0 unspecified atom stereocenters. The van der Waals surface area contributed by atoms with Crippen molar-refractivity contribution in [1.82, 2.24) is 4.90 Å². The number of nitrogens with zero attached hydrogens (tertiary/aromatic N) is 2. The zero-order valence-electron chi connectivity index (χ0n) is 14.6. The van der Waals surface area contributed by atoms with Gasteiger partial charge in [0.05, 0.1) is 18.2 Å². The molecule has 0 saturated carbocycles. The molecule has 0 N–H and O–H groups in total. The van der Waals surface area contributed by atoms with Crippen molar-refractivity contribution >= 4 is 29.1 Å². The maximum Gasteiger partial charge on any atom is 0.158 e. The minimum atomic E-state index is 0. The summed E-state index contributed by atoms with van der Waals surface area (Å²) in [4.78, 5) is 4.79. The first-order valence-electron chi connectivity index (χ1n) is 8.36. The quantitative estimate of drug-likeness (QED) is 0.698. The Bertz CT molecular complexity index is 840. The predicted molar refractivity (Wildman–Crippen MR) is 105 cm³/mol. The van der Waals surface area contributed by atoms with Crippen LogP contribution in [-0.2, 0) is 0 Å². The van der Waals surface area contributed by atoms with Crippen LogP contribution in [0, 0.1) is 0 Å². The second kappa shape index (κ2) is 7.38. The number of rotatable bonds is 3. The topological polar surface area (TPSA) is 28.9 Å². The molecule has 0 bridgehead atoms. The van der Waals surface area contributed by atoms with E-state index in [1.54, 1.807) is 7.11 Å². The highest BCUT2D eigenvalue weighted by Gasteiger charge is 2.25. The van der Waals surface area contributed by atoms with Gasteiger partial charge in [-0.15, -0.1) is 12.4 Å². The van der Waals surface area contributed by atoms with Gasteiger partial charge in [-0.05, 0) is 19.2 Å². The molecular formula is C20H23ClN2O2. The summed E-state index contributed by atoms with van der Waals surface area (Å²) in [6, 6.07) is 16.3. The van der Waals surface area contributed by atoms with E-state index < -0.39 is 0 Å². The molecule has 0 atom stereocenters. The van der Waals surface area contributed by atoms with Gasteiger partial charge in [-0.1, -0.05) is 36.4 Å². The van der Waals surface area contributed by atoms with E-state index in [4.69, 9.17) is 9.15 Å². The van der Waals surface area contributed by atoms with Gasteiger partial charge in [0.15, 0.2) is 5.76 Å². The van der Waals surface area contributed by atoms with Crippen molar-refractivity contribution in [3.05, 3.63) is 48.5 Å². The number of hydrogen-bond acceptors (Lipinski definition) is 4. The fraction of sp³-hybridized carbons (Fsp3) is 0.300. The monoisotopic (exact) mass is 358 g/mol. The summed E-state index contributed by atoms with van der Waals surface area (Å²) in [7, 11) is 3.89. The third-order valence-corrected chi connectivity index (χ3v) is 4.73. The summed E-state index contributed by atoms with van der Waals surface area (Å²) in [6.45, 7) is 4.08. The first kappa shape index (κ1) is 17.6. The van der Waals surface area contributed by atoms with Gasteiger partial charge >= 0.3 is 0 Å². The van der Waals surface area contributed by atoms with Crippen LogP contribution >= 0.6 is 12.4 Å². The molecular weight excluding hydrogens is 336 g/mol. The van der Waals surface area contributed by atoms with E-state index in [2.05, 4.69) is 29.0 Å². The molecule has 0 spiro atoms. The summed E-state index contributed by atoms with van der Waals surface area (Å²) in [5, 5.41) is 1.07. The molecule has 2 heterocycles. The Kier molecular flexibility index (Phi) is 5.21. The number of ether oxygens (including phenoxy) is 1. The number of fused-ring (bicyclic) bond motifs is 1. The molecule has 1 aliphatic rings. The fourth-order valence-electron chi connectivity index (χ4n) is 3.39. The van der Waals surface area contributed by atoms with E-state index in [0.717, 1.165) is 59.9 Å². The number of methoxy groups -OCH3 is 1. The van der Waals surface area contributed by atoms with E-state index in [1.165, 1.54) is 0 Å². The van der Waals surface area contributed by atoms with Crippen molar-refractivity contribution in [2.75, 3.05) is 45.2 Å². The lowest BCUT2D eigenvalue weighted by molar-refractivity contribution is 0.313. The molecule has 1 aliphatic heterocycles. The number of likely N-dealkylation sites (N-methyl/N-ethyl adjacent to an activating group) is 1. The SMILES string of the molecule is COc1cccc2oc(-c3ccccc3)c(N3CCN(C)CC3)c12.Cl. The molecule has 2 aromatic carbocycles. The average molecular weight is 359 g/mol. The lowest BCUT2D eigenvalue weighted by Crippen LogP contribution is -2.44. The molecule has 25 heavy (non-hydrogen) atoms. The van der Waals surface area contributed by atoms with E-state index in [1.807, 2.05) is 36.4 Å². The van der Waals surface area contributed by atoms with Crippen LogP contribution in [-0.4, -0.2) is 45.2 Å². The van der Waals surface area contributed by atoms with Crippen LogP contribution in [0.15, 0.2) is 52.9 Å². The minimum Gasteiger partial charge on any atom is -0.496 e. The van der Waals surface area contributed by atoms with E-state index >= 15 is 0 Å². The first-order chi connectivity index (χ1) is 11.8. The van der Waals surface area contributed by atoms with Crippen molar-refractivity contribution in [3.63, 3.8) is 0 Å². The summed E-state index contributed by atoms with van der Waals surface area (Å²) in [6.07, 6.45) is 0. The Labute approximate surface area is 154 Å². The van der Waals surface area contributed by atoms with Gasteiger partial charge in [-0.25, -0.2) is 0 Å². The predicted octanol–water partition coefficient (Wildman–Crippen LogP) is 4.28. The third kappa shape index (κ3) is 3.20. The second-order valence-corrected chi connectivity index (χ2v) is 6.27. The third-order valence-electron chi connectivity index (χ3n) is 4.73. The van der Waals surface area contributed by atoms with Crippen LogP contribution in [0.2, 0.25) is 0 Å². The van der Waals surface area contributed by atoms with E-state index in [-0.39, 0.29) is 12.4 Å². The van der Waals surface area contributed by atoms with Gasteiger partial charge in [-0.2, -0.15) is 0 Å². The minimum absolute atomic E-state index is 0. The molecule has 0 radical (unpaired) electrons. The Balaban J connectivity index is 0.00000182. The van der Waals surface area contributed by atoms with Crippen LogP contribution in [0.4, 0.5) is 5.69 Å². The van der Waals surface area contributed by atoms with E-state index in [0.29, 0.717) is 0 Å². The number of anilines is 1. The lowest BCUT2D eigenvalue weighted by Gasteiger charge is -2.34. The normalized spacial score (nSPS) is 15.2. The van der Waals surface area contributed by atoms with Gasteiger partial charge in [-0.3, -0.25) is 0 Å². The molecule has 1 saturated heterocycles. The van der Waals surface area contributed by atoms with Crippen LogP contribution < -0.4 is 9.64 Å². The summed E-state index contributed by atoms with van der Waals surface area (Å²) in [5.41, 5.74) is 3.13. The van der Waals surface area contributed by atoms with E-state index in [9.17, 15) is 0 Å². The Hall–Kier alpha value is -2.17. The Morgan fingerprint density at radius 2 is 1.64 bits per heavy atom. The van der Waals surface area contributed by atoms with Gasteiger partial charge in [0.2, 0.25) is 0 Å². The lowest BCUT2D eigenvalue weighted by atomic mass is 10.1. The number of furan rings is 1. The number of hydrogen-bond donors (Lipinski definition) is 0. The van der Waals surface area contributed by atoms with Crippen molar-refractivity contribution in [1.29, 1.82) is 0 Å². The number of halogens is 1. The Morgan fingerprint density at radius 3 is 2.32 bits per heavy atom. The molecule has 1 fully saturated rings. The van der Waals surface area contributed by atoms with Gasteiger partial charge in [0.25, 0.3) is 0 Å². The summed E-state index contributed by atoms with van der Waals surface area (Å²) < 4.78 is 11.9. The maximum absolute atomic E-state index is 6.27. The van der Waals surface area contributed by atoms with Crippen LogP contribution in [0.1, 0.15) is 0 Å². The molecule has 4 rings (SSSR count). The van der Waals surface area contributed by atoms with Crippen molar-refractivity contribution in [2.24, 2.45) is 0 Å². The molecule has 132 valence electrons. The maximum atomic E-state index is 6.27. The van der Waals surface area contributed by atoms with Crippen molar-refractivity contribution in [3.8, 4) is 17.1 Å². The summed E-state index contributed by atoms with van der Waals surface area (Å²) in [5.74, 6) is 1.80. The zero-order valence-corrected chi connectivity index (χ0v) is 15.4. The molecule has 5 heteroatoms. The summed E-state index contributed by atoms with van der Waals surface area (Å²) >= 11 is 0. The second-order valence-electron chi connectivity index (χ2n) is 6.27.